The van der Waals surface area contributed by atoms with Crippen molar-refractivity contribution in [1.82, 2.24) is 25.5 Å². The van der Waals surface area contributed by atoms with Gasteiger partial charge in [0, 0.05) is 6.04 Å². The third-order valence-electron chi connectivity index (χ3n) is 6.94. The first-order chi connectivity index (χ1) is 19.5. The van der Waals surface area contributed by atoms with Crippen LogP contribution in [0.25, 0.3) is 11.6 Å². The molecule has 11 heteroatoms. The van der Waals surface area contributed by atoms with Gasteiger partial charge in [-0.25, -0.2) is 0 Å². The van der Waals surface area contributed by atoms with Gasteiger partial charge in [-0.15, -0.1) is 10.2 Å². The molecule has 0 bridgehead atoms. The molecule has 11 nitrogen and oxygen atoms in total. The monoisotopic (exact) mass is 544 g/mol. The molecule has 2 heterocycles. The van der Waals surface area contributed by atoms with Crippen molar-refractivity contribution < 1.29 is 23.5 Å². The molecule has 1 aliphatic carbocycles. The van der Waals surface area contributed by atoms with Crippen molar-refractivity contribution in [3.8, 4) is 23.1 Å². The van der Waals surface area contributed by atoms with E-state index in [1.165, 1.54) is 16.8 Å². The van der Waals surface area contributed by atoms with Crippen LogP contribution in [0.2, 0.25) is 0 Å². The van der Waals surface area contributed by atoms with E-state index in [1.807, 2.05) is 13.0 Å². The molecule has 40 heavy (non-hydrogen) atoms. The van der Waals surface area contributed by atoms with Crippen molar-refractivity contribution in [2.24, 2.45) is 0 Å². The average molecular weight is 545 g/mol. The standard InChI is InChI=1S/C29H32N6O5/c1-19-12-17-25(40-19)28-31-33-34(32-28)18-26(36)35(23-10-6-7-11-24(23)39-3)27(20-13-15-22(38-2)16-14-20)29(37)30-21-8-4-5-9-21/h6-7,10-17,21,27H,4-5,8-9,18H2,1-3H3,(H,30,37)/t27-/m1/s1. The lowest BCUT2D eigenvalue weighted by molar-refractivity contribution is -0.127. The molecule has 1 fully saturated rings. The van der Waals surface area contributed by atoms with Gasteiger partial charge in [-0.3, -0.25) is 14.5 Å². The number of carbonyl (C=O) groups excluding carboxylic acids is 2. The van der Waals surface area contributed by atoms with Crippen molar-refractivity contribution >= 4 is 17.5 Å². The number of aromatic nitrogens is 4. The number of aryl methyl sites for hydroxylation is 1. The fourth-order valence-corrected chi connectivity index (χ4v) is 4.96. The highest BCUT2D eigenvalue weighted by molar-refractivity contribution is 6.02. The molecule has 2 amide bonds. The number of ether oxygens (including phenoxy) is 2. The molecule has 0 saturated heterocycles. The Morgan fingerprint density at radius 3 is 2.48 bits per heavy atom. The normalized spacial score (nSPS) is 14.1. The first-order valence-corrected chi connectivity index (χ1v) is 13.2. The van der Waals surface area contributed by atoms with Crippen LogP contribution in [-0.4, -0.2) is 52.3 Å². The maximum atomic E-state index is 14.1. The first-order valence-electron chi connectivity index (χ1n) is 13.2. The van der Waals surface area contributed by atoms with E-state index in [9.17, 15) is 9.59 Å². The Morgan fingerprint density at radius 1 is 1.05 bits per heavy atom. The number of nitrogens with zero attached hydrogens (tertiary/aromatic N) is 5. The number of hydrogen-bond donors (Lipinski definition) is 1. The summed E-state index contributed by atoms with van der Waals surface area (Å²) in [6.45, 7) is 1.55. The number of anilines is 1. The number of furan rings is 1. The van der Waals surface area contributed by atoms with E-state index in [2.05, 4.69) is 20.7 Å². The summed E-state index contributed by atoms with van der Waals surface area (Å²) < 4.78 is 16.5. The average Bonchev–Trinajstić information content (AvgIpc) is 3.75. The van der Waals surface area contributed by atoms with E-state index in [-0.39, 0.29) is 24.3 Å². The summed E-state index contributed by atoms with van der Waals surface area (Å²) in [5, 5.41) is 15.6. The molecular formula is C29H32N6O5. The van der Waals surface area contributed by atoms with Crippen LogP contribution in [0.4, 0.5) is 5.69 Å². The number of tetrazole rings is 1. The SMILES string of the molecule is COc1ccc([C@H](C(=O)NC2CCCC2)N(C(=O)Cn2nnc(-c3ccc(C)o3)n2)c2ccccc2OC)cc1. The number of rotatable bonds is 10. The van der Waals surface area contributed by atoms with E-state index in [0.29, 0.717) is 34.3 Å². The summed E-state index contributed by atoms with van der Waals surface area (Å²) >= 11 is 0. The molecule has 2 aromatic carbocycles. The van der Waals surface area contributed by atoms with E-state index in [0.717, 1.165) is 25.7 Å². The molecule has 5 rings (SSSR count). The van der Waals surface area contributed by atoms with Crippen molar-refractivity contribution in [1.29, 1.82) is 0 Å². The summed E-state index contributed by atoms with van der Waals surface area (Å²) in [5.41, 5.74) is 1.06. The lowest BCUT2D eigenvalue weighted by Crippen LogP contribution is -2.47. The molecule has 1 N–H and O–H groups in total. The minimum Gasteiger partial charge on any atom is -0.497 e. The predicted molar refractivity (Wildman–Crippen MR) is 147 cm³/mol. The molecule has 0 radical (unpaired) electrons. The van der Waals surface area contributed by atoms with Crippen molar-refractivity contribution in [2.45, 2.75) is 51.2 Å². The Kier molecular flexibility index (Phi) is 8.09. The number of methoxy groups -OCH3 is 2. The number of amides is 2. The second-order valence-corrected chi connectivity index (χ2v) is 9.66. The van der Waals surface area contributed by atoms with Crippen LogP contribution in [-0.2, 0) is 16.1 Å². The minimum atomic E-state index is -0.994. The Morgan fingerprint density at radius 2 is 1.80 bits per heavy atom. The summed E-state index contributed by atoms with van der Waals surface area (Å²) in [4.78, 5) is 30.7. The van der Waals surface area contributed by atoms with Crippen LogP contribution in [0, 0.1) is 6.92 Å². The number of carbonyl (C=O) groups is 2. The molecule has 208 valence electrons. The fourth-order valence-electron chi connectivity index (χ4n) is 4.96. The fraction of sp³-hybridized carbons (Fsp3) is 0.345. The summed E-state index contributed by atoms with van der Waals surface area (Å²) in [6, 6.07) is 16.8. The second kappa shape index (κ2) is 12.0. The summed E-state index contributed by atoms with van der Waals surface area (Å²) in [6.07, 6.45) is 3.93. The van der Waals surface area contributed by atoms with Gasteiger partial charge in [0.15, 0.2) is 5.76 Å². The molecule has 4 aromatic rings. The first kappa shape index (κ1) is 26.9. The van der Waals surface area contributed by atoms with Crippen molar-refractivity contribution in [3.05, 3.63) is 72.0 Å². The molecule has 0 unspecified atom stereocenters. The topological polar surface area (TPSA) is 125 Å². The molecule has 1 saturated carbocycles. The highest BCUT2D eigenvalue weighted by atomic mass is 16.5. The maximum Gasteiger partial charge on any atom is 0.251 e. The number of nitrogens with one attached hydrogen (secondary N) is 1. The molecule has 0 aliphatic heterocycles. The number of hydrogen-bond acceptors (Lipinski definition) is 8. The highest BCUT2D eigenvalue weighted by Crippen LogP contribution is 2.36. The van der Waals surface area contributed by atoms with Gasteiger partial charge in [-0.05, 0) is 66.9 Å². The van der Waals surface area contributed by atoms with Gasteiger partial charge in [-0.1, -0.05) is 37.1 Å². The van der Waals surface area contributed by atoms with E-state index < -0.39 is 11.9 Å². The van der Waals surface area contributed by atoms with Crippen LogP contribution < -0.4 is 19.7 Å². The molecular weight excluding hydrogens is 512 g/mol. The summed E-state index contributed by atoms with van der Waals surface area (Å²) in [7, 11) is 3.10. The molecule has 2 aromatic heterocycles. The van der Waals surface area contributed by atoms with Gasteiger partial charge in [-0.2, -0.15) is 4.80 Å². The zero-order valence-electron chi connectivity index (χ0n) is 22.7. The van der Waals surface area contributed by atoms with Gasteiger partial charge in [0.1, 0.15) is 29.8 Å². The predicted octanol–water partition coefficient (Wildman–Crippen LogP) is 4.09. The number of para-hydroxylation sites is 2. The van der Waals surface area contributed by atoms with Crippen molar-refractivity contribution in [3.63, 3.8) is 0 Å². The third kappa shape index (κ3) is 5.83. The van der Waals surface area contributed by atoms with Crippen LogP contribution in [0.3, 0.4) is 0 Å². The smallest absolute Gasteiger partial charge is 0.251 e. The molecule has 1 atom stereocenters. The zero-order chi connectivity index (χ0) is 28.1. The van der Waals surface area contributed by atoms with E-state index >= 15 is 0 Å². The Bertz CT molecular complexity index is 1460. The quantitative estimate of drug-likeness (QED) is 0.317. The largest absolute Gasteiger partial charge is 0.497 e. The van der Waals surface area contributed by atoms with Crippen molar-refractivity contribution in [2.75, 3.05) is 19.1 Å². The van der Waals surface area contributed by atoms with Crippen LogP contribution in [0.5, 0.6) is 11.5 Å². The Hall–Kier alpha value is -4.67. The van der Waals surface area contributed by atoms with Crippen LogP contribution >= 0.6 is 0 Å². The number of benzene rings is 2. The molecule has 0 spiro atoms. The minimum absolute atomic E-state index is 0.0548. The lowest BCUT2D eigenvalue weighted by Gasteiger charge is -2.33. The zero-order valence-corrected chi connectivity index (χ0v) is 22.7. The highest BCUT2D eigenvalue weighted by Gasteiger charge is 2.36. The van der Waals surface area contributed by atoms with E-state index in [4.69, 9.17) is 13.9 Å². The van der Waals surface area contributed by atoms with Gasteiger partial charge in [0.25, 0.3) is 5.91 Å². The maximum absolute atomic E-state index is 14.1. The van der Waals surface area contributed by atoms with Gasteiger partial charge in [0.2, 0.25) is 11.7 Å². The van der Waals surface area contributed by atoms with Gasteiger partial charge in [0.05, 0.1) is 19.9 Å². The lowest BCUT2D eigenvalue weighted by atomic mass is 10.0. The van der Waals surface area contributed by atoms with Crippen LogP contribution in [0.15, 0.2) is 65.1 Å². The summed E-state index contributed by atoms with van der Waals surface area (Å²) in [5.74, 6) is 1.80. The van der Waals surface area contributed by atoms with Gasteiger partial charge >= 0.3 is 0 Å². The van der Waals surface area contributed by atoms with E-state index in [1.54, 1.807) is 61.7 Å². The van der Waals surface area contributed by atoms with Crippen LogP contribution in [0.1, 0.15) is 43.0 Å². The Labute approximate surface area is 232 Å². The third-order valence-corrected chi connectivity index (χ3v) is 6.94. The molecule has 1 aliphatic rings. The van der Waals surface area contributed by atoms with Gasteiger partial charge < -0.3 is 19.2 Å². The Balaban J connectivity index is 1.54. The second-order valence-electron chi connectivity index (χ2n) is 9.66.